The van der Waals surface area contributed by atoms with Gasteiger partial charge in [-0.2, -0.15) is 5.10 Å². The molecule has 1 aromatic carbocycles. The third-order valence-corrected chi connectivity index (χ3v) is 4.65. The number of hydrogen-bond acceptors (Lipinski definition) is 6. The van der Waals surface area contributed by atoms with E-state index in [0.717, 1.165) is 16.5 Å². The van der Waals surface area contributed by atoms with Crippen LogP contribution in [0.1, 0.15) is 24.2 Å². The number of fused-ring (bicyclic) bond motifs is 1. The fourth-order valence-corrected chi connectivity index (χ4v) is 3.28. The van der Waals surface area contributed by atoms with Crippen molar-refractivity contribution >= 4 is 22.5 Å². The molecular formula is C23H23N5O3. The Kier molecular flexibility index (Phi) is 5.90. The first-order chi connectivity index (χ1) is 15.0. The third-order valence-electron chi connectivity index (χ3n) is 4.65. The Bertz CT molecular complexity index is 1200. The third kappa shape index (κ3) is 4.54. The average Bonchev–Trinajstić information content (AvgIpc) is 3.22. The summed E-state index contributed by atoms with van der Waals surface area (Å²) in [4.78, 5) is 21.4. The van der Waals surface area contributed by atoms with Crippen LogP contribution in [0, 0.1) is 0 Å². The van der Waals surface area contributed by atoms with Crippen molar-refractivity contribution < 1.29 is 14.6 Å². The van der Waals surface area contributed by atoms with E-state index in [0.29, 0.717) is 29.2 Å². The van der Waals surface area contributed by atoms with Gasteiger partial charge in [0.25, 0.3) is 5.91 Å². The van der Waals surface area contributed by atoms with Crippen LogP contribution in [-0.4, -0.2) is 43.5 Å². The van der Waals surface area contributed by atoms with Crippen LogP contribution in [-0.2, 0) is 6.54 Å². The number of aromatic nitrogens is 4. The van der Waals surface area contributed by atoms with Crippen LogP contribution in [0.25, 0.3) is 22.0 Å². The molecule has 0 bridgehead atoms. The number of amides is 1. The van der Waals surface area contributed by atoms with Gasteiger partial charge in [-0.25, -0.2) is 4.98 Å². The molecular weight excluding hydrogens is 394 g/mol. The van der Waals surface area contributed by atoms with Crippen LogP contribution in [0.5, 0.6) is 5.88 Å². The minimum Gasteiger partial charge on any atom is -0.475 e. The van der Waals surface area contributed by atoms with Gasteiger partial charge < -0.3 is 15.2 Å². The molecule has 3 aromatic heterocycles. The zero-order valence-electron chi connectivity index (χ0n) is 17.3. The first kappa shape index (κ1) is 20.5. The molecule has 4 rings (SSSR count). The smallest absolute Gasteiger partial charge is 0.257 e. The predicted molar refractivity (Wildman–Crippen MR) is 118 cm³/mol. The van der Waals surface area contributed by atoms with E-state index in [9.17, 15) is 4.79 Å². The predicted octanol–water partition coefficient (Wildman–Crippen LogP) is 3.53. The topological polar surface area (TPSA) is 102 Å². The normalized spacial score (nSPS) is 11.1. The number of pyridine rings is 2. The summed E-state index contributed by atoms with van der Waals surface area (Å²) in [5.74, 6) is 0.198. The van der Waals surface area contributed by atoms with E-state index in [2.05, 4.69) is 20.4 Å². The van der Waals surface area contributed by atoms with Crippen molar-refractivity contribution in [3.05, 3.63) is 66.7 Å². The molecule has 2 N–H and O–H groups in total. The lowest BCUT2D eigenvalue weighted by Crippen LogP contribution is -2.13. The highest BCUT2D eigenvalue weighted by Crippen LogP contribution is 2.31. The van der Waals surface area contributed by atoms with Gasteiger partial charge in [-0.3, -0.25) is 14.5 Å². The summed E-state index contributed by atoms with van der Waals surface area (Å²) < 4.78 is 7.21. The summed E-state index contributed by atoms with van der Waals surface area (Å²) in [5, 5.41) is 17.2. The van der Waals surface area contributed by atoms with Crippen molar-refractivity contribution in [2.24, 2.45) is 0 Å². The number of anilines is 1. The minimum atomic E-state index is -0.279. The lowest BCUT2D eigenvalue weighted by molar-refractivity contribution is 0.102. The quantitative estimate of drug-likeness (QED) is 0.477. The molecule has 8 nitrogen and oxygen atoms in total. The van der Waals surface area contributed by atoms with Gasteiger partial charge in [0.2, 0.25) is 5.88 Å². The fraction of sp³-hybridized carbons (Fsp3) is 0.217. The minimum absolute atomic E-state index is 0.0128. The number of aliphatic hydroxyl groups is 1. The summed E-state index contributed by atoms with van der Waals surface area (Å²) >= 11 is 0. The largest absolute Gasteiger partial charge is 0.475 e. The molecule has 158 valence electrons. The van der Waals surface area contributed by atoms with Gasteiger partial charge in [0.1, 0.15) is 0 Å². The van der Waals surface area contributed by atoms with Crippen molar-refractivity contribution in [1.82, 2.24) is 19.7 Å². The van der Waals surface area contributed by atoms with Crippen molar-refractivity contribution in [2.75, 3.05) is 11.9 Å². The molecule has 0 saturated carbocycles. The standard InChI is InChI=1S/C23H23N5O3/c1-15(2)31-21-7-6-16(12-25-21)23(30)27-20-5-3-4-19-18(8-9-24-22(19)20)17-13-26-28(14-17)10-11-29/h3-9,12-15,29H,10-11H2,1-2H3,(H,27,30). The molecule has 0 saturated heterocycles. The summed E-state index contributed by atoms with van der Waals surface area (Å²) in [6, 6.07) is 10.9. The fourth-order valence-electron chi connectivity index (χ4n) is 3.28. The number of ether oxygens (including phenoxy) is 1. The van der Waals surface area contributed by atoms with Crippen LogP contribution in [0.4, 0.5) is 5.69 Å². The zero-order chi connectivity index (χ0) is 21.8. The van der Waals surface area contributed by atoms with E-state index in [1.54, 1.807) is 29.2 Å². The average molecular weight is 417 g/mol. The maximum Gasteiger partial charge on any atom is 0.257 e. The van der Waals surface area contributed by atoms with Crippen molar-refractivity contribution in [3.63, 3.8) is 0 Å². The monoisotopic (exact) mass is 417 g/mol. The number of para-hydroxylation sites is 1. The van der Waals surface area contributed by atoms with E-state index in [1.807, 2.05) is 44.3 Å². The second-order valence-corrected chi connectivity index (χ2v) is 7.28. The Morgan fingerprint density at radius 2 is 2.03 bits per heavy atom. The van der Waals surface area contributed by atoms with E-state index in [-0.39, 0.29) is 18.6 Å². The second-order valence-electron chi connectivity index (χ2n) is 7.28. The van der Waals surface area contributed by atoms with E-state index in [1.165, 1.54) is 6.20 Å². The Balaban J connectivity index is 1.62. The molecule has 0 radical (unpaired) electrons. The lowest BCUT2D eigenvalue weighted by Gasteiger charge is -2.11. The summed E-state index contributed by atoms with van der Waals surface area (Å²) in [6.07, 6.45) is 6.84. The van der Waals surface area contributed by atoms with Crippen molar-refractivity contribution in [1.29, 1.82) is 0 Å². The first-order valence-electron chi connectivity index (χ1n) is 10.0. The first-order valence-corrected chi connectivity index (χ1v) is 10.0. The molecule has 0 spiro atoms. The van der Waals surface area contributed by atoms with Crippen LogP contribution >= 0.6 is 0 Å². The molecule has 0 atom stereocenters. The number of carbonyl (C=O) groups is 1. The molecule has 4 aromatic rings. The summed E-state index contributed by atoms with van der Waals surface area (Å²) in [6.45, 7) is 4.29. The summed E-state index contributed by atoms with van der Waals surface area (Å²) in [7, 11) is 0. The molecule has 31 heavy (non-hydrogen) atoms. The van der Waals surface area contributed by atoms with Crippen LogP contribution < -0.4 is 10.1 Å². The molecule has 1 amide bonds. The molecule has 0 aliphatic heterocycles. The molecule has 3 heterocycles. The Hall–Kier alpha value is -3.78. The number of benzene rings is 1. The highest BCUT2D eigenvalue weighted by Gasteiger charge is 2.13. The van der Waals surface area contributed by atoms with Crippen LogP contribution in [0.15, 0.2) is 61.2 Å². The highest BCUT2D eigenvalue weighted by atomic mass is 16.5. The Morgan fingerprint density at radius 3 is 2.77 bits per heavy atom. The van der Waals surface area contributed by atoms with Gasteiger partial charge in [-0.15, -0.1) is 0 Å². The molecule has 0 unspecified atom stereocenters. The Labute approximate surface area is 179 Å². The number of nitrogens with one attached hydrogen (secondary N) is 1. The second kappa shape index (κ2) is 8.93. The van der Waals surface area contributed by atoms with Crippen LogP contribution in [0.3, 0.4) is 0 Å². The maximum atomic E-state index is 12.8. The lowest BCUT2D eigenvalue weighted by atomic mass is 10.0. The summed E-state index contributed by atoms with van der Waals surface area (Å²) in [5.41, 5.74) is 3.57. The van der Waals surface area contributed by atoms with Gasteiger partial charge >= 0.3 is 0 Å². The number of carbonyl (C=O) groups excluding carboxylic acids is 1. The number of rotatable bonds is 7. The van der Waals surface area contributed by atoms with Crippen molar-refractivity contribution in [2.45, 2.75) is 26.5 Å². The maximum absolute atomic E-state index is 12.8. The molecule has 0 aliphatic rings. The van der Waals surface area contributed by atoms with Crippen molar-refractivity contribution in [3.8, 4) is 17.0 Å². The molecule has 0 fully saturated rings. The van der Waals surface area contributed by atoms with E-state index in [4.69, 9.17) is 9.84 Å². The van der Waals surface area contributed by atoms with Gasteiger partial charge in [0.05, 0.1) is 42.2 Å². The van der Waals surface area contributed by atoms with E-state index < -0.39 is 0 Å². The van der Waals surface area contributed by atoms with Gasteiger partial charge in [0.15, 0.2) is 0 Å². The number of nitrogens with zero attached hydrogens (tertiary/aromatic N) is 4. The highest BCUT2D eigenvalue weighted by molar-refractivity contribution is 6.10. The number of aliphatic hydroxyl groups excluding tert-OH is 1. The van der Waals surface area contributed by atoms with Gasteiger partial charge in [-0.05, 0) is 37.6 Å². The molecule has 0 aliphatic carbocycles. The van der Waals surface area contributed by atoms with Gasteiger partial charge in [-0.1, -0.05) is 12.1 Å². The van der Waals surface area contributed by atoms with Gasteiger partial charge in [0, 0.05) is 35.6 Å². The number of hydrogen-bond donors (Lipinski definition) is 2. The zero-order valence-corrected chi connectivity index (χ0v) is 17.3. The molecule has 8 heteroatoms. The Morgan fingerprint density at radius 1 is 1.16 bits per heavy atom. The SMILES string of the molecule is CC(C)Oc1ccc(C(=O)Nc2cccc3c(-c4cnn(CCO)c4)ccnc23)cn1. The van der Waals surface area contributed by atoms with Crippen LogP contribution in [0.2, 0.25) is 0 Å². The van der Waals surface area contributed by atoms with E-state index >= 15 is 0 Å².